The molecule has 1 aliphatic rings. The first-order valence-electron chi connectivity index (χ1n) is 8.66. The number of carbonyl (C=O) groups is 2. The van der Waals surface area contributed by atoms with Crippen LogP contribution in [-0.2, 0) is 4.79 Å². The van der Waals surface area contributed by atoms with Crippen molar-refractivity contribution in [3.05, 3.63) is 53.6 Å². The summed E-state index contributed by atoms with van der Waals surface area (Å²) < 4.78 is 0. The van der Waals surface area contributed by atoms with Crippen LogP contribution in [0.4, 0.5) is 21.9 Å². The van der Waals surface area contributed by atoms with E-state index in [0.717, 1.165) is 13.1 Å². The quantitative estimate of drug-likeness (QED) is 0.650. The minimum Gasteiger partial charge on any atom is -0.327 e. The number of hydrogen-bond donors (Lipinski definition) is 4. The van der Waals surface area contributed by atoms with Crippen LogP contribution >= 0.6 is 11.6 Å². The second kappa shape index (κ2) is 8.69. The fraction of sp³-hybridized carbons (Fsp3) is 0.263. The molecule has 3 rings (SSSR count). The minimum absolute atomic E-state index is 0.0130. The number of amides is 3. The van der Waals surface area contributed by atoms with Gasteiger partial charge in [0.1, 0.15) is 0 Å². The summed E-state index contributed by atoms with van der Waals surface area (Å²) in [6, 6.07) is 13.7. The Morgan fingerprint density at radius 3 is 2.15 bits per heavy atom. The highest BCUT2D eigenvalue weighted by molar-refractivity contribution is 6.33. The van der Waals surface area contributed by atoms with Gasteiger partial charge >= 0.3 is 6.03 Å². The highest BCUT2D eigenvalue weighted by atomic mass is 35.5. The topological polar surface area (TPSA) is 74.7 Å². The van der Waals surface area contributed by atoms with Crippen LogP contribution in [0.3, 0.4) is 0 Å². The predicted octanol–water partition coefficient (Wildman–Crippen LogP) is 2.60. The zero-order valence-corrected chi connectivity index (χ0v) is 15.1. The van der Waals surface area contributed by atoms with Gasteiger partial charge in [-0.25, -0.2) is 4.79 Å². The van der Waals surface area contributed by atoms with Gasteiger partial charge in [-0.2, -0.15) is 0 Å². The van der Waals surface area contributed by atoms with E-state index in [2.05, 4.69) is 16.0 Å². The van der Waals surface area contributed by atoms with Crippen molar-refractivity contribution in [1.29, 1.82) is 0 Å². The van der Waals surface area contributed by atoms with E-state index in [9.17, 15) is 9.59 Å². The first-order chi connectivity index (χ1) is 12.6. The maximum absolute atomic E-state index is 12.0. The molecular formula is C19H22ClN4O2+. The van der Waals surface area contributed by atoms with E-state index in [1.54, 1.807) is 48.5 Å². The van der Waals surface area contributed by atoms with Gasteiger partial charge in [0, 0.05) is 24.2 Å². The van der Waals surface area contributed by atoms with Crippen LogP contribution < -0.4 is 20.9 Å². The van der Waals surface area contributed by atoms with E-state index in [4.69, 9.17) is 11.6 Å². The van der Waals surface area contributed by atoms with Gasteiger partial charge in [0.25, 0.3) is 5.91 Å². The van der Waals surface area contributed by atoms with Crippen molar-refractivity contribution >= 4 is 40.6 Å². The summed E-state index contributed by atoms with van der Waals surface area (Å²) in [5.74, 6) is 0.0130. The smallest absolute Gasteiger partial charge is 0.323 e. The molecule has 1 heterocycles. The third-order valence-electron chi connectivity index (χ3n) is 4.27. The molecule has 0 radical (unpaired) electrons. The summed E-state index contributed by atoms with van der Waals surface area (Å²) >= 11 is 6.02. The second-order valence-electron chi connectivity index (χ2n) is 6.32. The Bertz CT molecular complexity index is 773. The van der Waals surface area contributed by atoms with Crippen LogP contribution in [0.25, 0.3) is 0 Å². The van der Waals surface area contributed by atoms with E-state index < -0.39 is 0 Å². The number of carbonyl (C=O) groups excluding carboxylic acids is 2. The molecule has 1 saturated heterocycles. The lowest BCUT2D eigenvalue weighted by Gasteiger charge is -2.12. The fourth-order valence-corrected chi connectivity index (χ4v) is 3.15. The first-order valence-corrected chi connectivity index (χ1v) is 9.04. The van der Waals surface area contributed by atoms with Gasteiger partial charge in [0.05, 0.1) is 23.8 Å². The Morgan fingerprint density at radius 1 is 0.885 bits per heavy atom. The molecule has 136 valence electrons. The number of halogens is 1. The Kier molecular flexibility index (Phi) is 6.09. The zero-order valence-electron chi connectivity index (χ0n) is 14.3. The third kappa shape index (κ3) is 5.21. The van der Waals surface area contributed by atoms with Gasteiger partial charge in [-0.15, -0.1) is 0 Å². The molecule has 4 N–H and O–H groups in total. The molecule has 1 fully saturated rings. The molecular weight excluding hydrogens is 352 g/mol. The average molecular weight is 374 g/mol. The lowest BCUT2D eigenvalue weighted by molar-refractivity contribution is -0.878. The van der Waals surface area contributed by atoms with E-state index in [1.165, 1.54) is 17.7 Å². The average Bonchev–Trinajstić information content (AvgIpc) is 3.11. The molecule has 0 atom stereocenters. The van der Waals surface area contributed by atoms with Gasteiger partial charge < -0.3 is 20.9 Å². The summed E-state index contributed by atoms with van der Waals surface area (Å²) in [5, 5.41) is 8.79. The molecule has 7 heteroatoms. The SMILES string of the molecule is O=C(C[NH+]1CCCC1)Nc1ccc(NC(=O)Nc2ccccc2Cl)cc1. The molecule has 0 aromatic heterocycles. The van der Waals surface area contributed by atoms with Crippen molar-refractivity contribution in [2.75, 3.05) is 35.6 Å². The number of para-hydroxylation sites is 1. The van der Waals surface area contributed by atoms with Crippen LogP contribution in [-0.4, -0.2) is 31.6 Å². The van der Waals surface area contributed by atoms with E-state index in [-0.39, 0.29) is 11.9 Å². The maximum Gasteiger partial charge on any atom is 0.323 e. The number of anilines is 3. The van der Waals surface area contributed by atoms with Gasteiger partial charge in [0.15, 0.2) is 6.54 Å². The Morgan fingerprint density at radius 2 is 1.50 bits per heavy atom. The van der Waals surface area contributed by atoms with E-state index in [1.807, 2.05) is 0 Å². The summed E-state index contributed by atoms with van der Waals surface area (Å²) in [7, 11) is 0. The van der Waals surface area contributed by atoms with Crippen molar-refractivity contribution in [3.8, 4) is 0 Å². The molecule has 3 amide bonds. The molecule has 2 aromatic carbocycles. The number of likely N-dealkylation sites (tertiary alicyclic amines) is 1. The van der Waals surface area contributed by atoms with Crippen molar-refractivity contribution in [1.82, 2.24) is 0 Å². The van der Waals surface area contributed by atoms with Crippen LogP contribution in [0.2, 0.25) is 5.02 Å². The van der Waals surface area contributed by atoms with Gasteiger partial charge in [0.2, 0.25) is 0 Å². The Hall–Kier alpha value is -2.57. The molecule has 0 aliphatic carbocycles. The van der Waals surface area contributed by atoms with Gasteiger partial charge in [-0.1, -0.05) is 23.7 Å². The predicted molar refractivity (Wildman–Crippen MR) is 104 cm³/mol. The molecule has 6 nitrogen and oxygen atoms in total. The third-order valence-corrected chi connectivity index (χ3v) is 4.60. The number of rotatable bonds is 5. The summed E-state index contributed by atoms with van der Waals surface area (Å²) in [6.07, 6.45) is 2.39. The molecule has 0 spiro atoms. The van der Waals surface area contributed by atoms with Gasteiger partial charge in [-0.05, 0) is 36.4 Å². The number of benzene rings is 2. The molecule has 26 heavy (non-hydrogen) atoms. The summed E-state index contributed by atoms with van der Waals surface area (Å²) in [5.41, 5.74) is 1.88. The number of hydrogen-bond acceptors (Lipinski definition) is 2. The molecule has 0 unspecified atom stereocenters. The lowest BCUT2D eigenvalue weighted by atomic mass is 10.2. The van der Waals surface area contributed by atoms with Crippen molar-refractivity contribution < 1.29 is 14.5 Å². The van der Waals surface area contributed by atoms with Crippen LogP contribution in [0, 0.1) is 0 Å². The van der Waals surface area contributed by atoms with Crippen LogP contribution in [0.5, 0.6) is 0 Å². The minimum atomic E-state index is -0.382. The summed E-state index contributed by atoms with van der Waals surface area (Å²) in [6.45, 7) is 2.63. The number of quaternary nitrogens is 1. The van der Waals surface area contributed by atoms with Crippen molar-refractivity contribution in [3.63, 3.8) is 0 Å². The van der Waals surface area contributed by atoms with Crippen molar-refractivity contribution in [2.24, 2.45) is 0 Å². The maximum atomic E-state index is 12.0. The Balaban J connectivity index is 1.50. The molecule has 0 bridgehead atoms. The molecule has 2 aromatic rings. The molecule has 0 saturated carbocycles. The standard InChI is InChI=1S/C19H21ClN4O2/c20-16-5-1-2-6-17(16)23-19(26)22-15-9-7-14(8-10-15)21-18(25)13-24-11-3-4-12-24/h1-2,5-10H,3-4,11-13H2,(H,21,25)(H2,22,23,26)/p+1. The largest absolute Gasteiger partial charge is 0.327 e. The Labute approximate surface area is 157 Å². The first kappa shape index (κ1) is 18.2. The number of urea groups is 1. The monoisotopic (exact) mass is 373 g/mol. The second-order valence-corrected chi connectivity index (χ2v) is 6.73. The van der Waals surface area contributed by atoms with E-state index in [0.29, 0.717) is 28.6 Å². The van der Waals surface area contributed by atoms with Crippen molar-refractivity contribution in [2.45, 2.75) is 12.8 Å². The highest BCUT2D eigenvalue weighted by Crippen LogP contribution is 2.21. The lowest BCUT2D eigenvalue weighted by Crippen LogP contribution is -3.11. The zero-order chi connectivity index (χ0) is 18.4. The van der Waals surface area contributed by atoms with E-state index >= 15 is 0 Å². The number of nitrogens with one attached hydrogen (secondary N) is 4. The van der Waals surface area contributed by atoms with Gasteiger partial charge in [-0.3, -0.25) is 4.79 Å². The summed E-state index contributed by atoms with van der Waals surface area (Å²) in [4.78, 5) is 25.4. The fourth-order valence-electron chi connectivity index (χ4n) is 2.97. The van der Waals surface area contributed by atoms with Crippen LogP contribution in [0.1, 0.15) is 12.8 Å². The molecule has 1 aliphatic heterocycles. The normalized spacial score (nSPS) is 14.0. The van der Waals surface area contributed by atoms with Crippen LogP contribution in [0.15, 0.2) is 48.5 Å². The highest BCUT2D eigenvalue weighted by Gasteiger charge is 2.18.